The van der Waals surface area contributed by atoms with Gasteiger partial charge in [-0.25, -0.2) is 10.2 Å². The van der Waals surface area contributed by atoms with E-state index < -0.39 is 16.2 Å². The van der Waals surface area contributed by atoms with Crippen LogP contribution in [0, 0.1) is 10.1 Å². The van der Waals surface area contributed by atoms with Crippen LogP contribution >= 0.6 is 0 Å². The molecule has 0 aliphatic heterocycles. The summed E-state index contributed by atoms with van der Waals surface area (Å²) >= 11 is 0. The minimum Gasteiger partial charge on any atom is -0.317 e. The van der Waals surface area contributed by atoms with Crippen LogP contribution in [0.1, 0.15) is 5.56 Å². The Bertz CT molecular complexity index is 1060. The van der Waals surface area contributed by atoms with E-state index in [1.54, 1.807) is 0 Å². The van der Waals surface area contributed by atoms with Crippen LogP contribution in [-0.2, 0) is 7.05 Å². The van der Waals surface area contributed by atoms with E-state index in [2.05, 4.69) is 25.5 Å². The van der Waals surface area contributed by atoms with Crippen LogP contribution in [0.4, 0.5) is 11.6 Å². The van der Waals surface area contributed by atoms with Gasteiger partial charge < -0.3 is 4.98 Å². The molecular weight excluding hydrogens is 318 g/mol. The second-order valence-electron chi connectivity index (χ2n) is 4.82. The summed E-state index contributed by atoms with van der Waals surface area (Å²) in [6.45, 7) is 0. The Balaban J connectivity index is 1.81. The van der Waals surface area contributed by atoms with Crippen molar-refractivity contribution in [3.63, 3.8) is 0 Å². The van der Waals surface area contributed by atoms with E-state index in [0.717, 1.165) is 0 Å². The number of anilines is 1. The molecule has 1 aromatic carbocycles. The Morgan fingerprint density at radius 2 is 2.00 bits per heavy atom. The number of aromatic nitrogens is 4. The lowest BCUT2D eigenvalue weighted by atomic mass is 10.2. The molecule has 0 fully saturated rings. The second kappa shape index (κ2) is 5.79. The average molecular weight is 329 g/mol. The smallest absolute Gasteiger partial charge is 0.317 e. The number of nitro groups is 1. The fourth-order valence-corrected chi connectivity index (χ4v) is 2.01. The third-order valence-electron chi connectivity index (χ3n) is 3.24. The first-order valence-electron chi connectivity index (χ1n) is 6.68. The lowest BCUT2D eigenvalue weighted by molar-refractivity contribution is -0.384. The van der Waals surface area contributed by atoms with Crippen LogP contribution in [0.3, 0.4) is 0 Å². The van der Waals surface area contributed by atoms with Gasteiger partial charge in [-0.2, -0.15) is 10.1 Å². The molecule has 0 bridgehead atoms. The monoisotopic (exact) mass is 329 g/mol. The SMILES string of the molecule is Cn1c(=O)[nH]c(=O)c2[nH]c(N/N=C/c3ccc([N+](=O)[O-])cc3)nc21. The van der Waals surface area contributed by atoms with E-state index in [-0.39, 0.29) is 22.8 Å². The Labute approximate surface area is 132 Å². The summed E-state index contributed by atoms with van der Waals surface area (Å²) in [5.41, 5.74) is 2.40. The third-order valence-corrected chi connectivity index (χ3v) is 3.24. The quantitative estimate of drug-likeness (QED) is 0.356. The summed E-state index contributed by atoms with van der Waals surface area (Å²) in [5.74, 6) is 0.176. The zero-order valence-electron chi connectivity index (χ0n) is 12.3. The molecule has 0 aliphatic carbocycles. The van der Waals surface area contributed by atoms with Gasteiger partial charge in [0.1, 0.15) is 0 Å². The number of hydrogen-bond donors (Lipinski definition) is 3. The maximum absolute atomic E-state index is 11.7. The third kappa shape index (κ3) is 2.77. The number of non-ortho nitro benzene ring substituents is 1. The van der Waals surface area contributed by atoms with Crippen molar-refractivity contribution in [2.75, 3.05) is 5.43 Å². The van der Waals surface area contributed by atoms with Crippen molar-refractivity contribution in [1.29, 1.82) is 0 Å². The van der Waals surface area contributed by atoms with Gasteiger partial charge in [0.15, 0.2) is 11.2 Å². The van der Waals surface area contributed by atoms with Crippen molar-refractivity contribution in [2.45, 2.75) is 0 Å². The number of nitro benzene ring substituents is 1. The molecule has 0 unspecified atom stereocenters. The lowest BCUT2D eigenvalue weighted by Gasteiger charge is -1.95. The van der Waals surface area contributed by atoms with Gasteiger partial charge in [-0.3, -0.25) is 24.5 Å². The average Bonchev–Trinajstić information content (AvgIpc) is 2.98. The fourth-order valence-electron chi connectivity index (χ4n) is 2.01. The number of hydrogen-bond acceptors (Lipinski definition) is 7. The molecule has 122 valence electrons. The molecule has 3 aromatic rings. The molecule has 0 atom stereocenters. The maximum atomic E-state index is 11.7. The minimum absolute atomic E-state index is 0.0162. The largest absolute Gasteiger partial charge is 0.329 e. The second-order valence-corrected chi connectivity index (χ2v) is 4.82. The first-order valence-corrected chi connectivity index (χ1v) is 6.68. The van der Waals surface area contributed by atoms with E-state index in [0.29, 0.717) is 5.56 Å². The zero-order chi connectivity index (χ0) is 17.3. The summed E-state index contributed by atoms with van der Waals surface area (Å²) in [6.07, 6.45) is 1.43. The van der Waals surface area contributed by atoms with Crippen molar-refractivity contribution in [2.24, 2.45) is 12.1 Å². The number of nitrogens with one attached hydrogen (secondary N) is 3. The van der Waals surface area contributed by atoms with Crippen molar-refractivity contribution in [1.82, 2.24) is 19.5 Å². The highest BCUT2D eigenvalue weighted by Crippen LogP contribution is 2.11. The van der Waals surface area contributed by atoms with Crippen LogP contribution in [0.5, 0.6) is 0 Å². The Morgan fingerprint density at radius 1 is 1.29 bits per heavy atom. The summed E-state index contributed by atoms with van der Waals surface area (Å²) in [5, 5.41) is 14.5. The van der Waals surface area contributed by atoms with E-state index >= 15 is 0 Å². The van der Waals surface area contributed by atoms with Gasteiger partial charge in [-0.05, 0) is 17.7 Å². The normalized spacial score (nSPS) is 11.2. The standard InChI is InChI=1S/C13H11N7O4/c1-19-10-9(11(21)17-13(19)22)15-12(16-10)18-14-6-7-2-4-8(5-3-7)20(23)24/h2-6H,1H3,(H2,15,16,18)(H,17,21,22)/b14-6+. The maximum Gasteiger partial charge on any atom is 0.329 e. The summed E-state index contributed by atoms with van der Waals surface area (Å²) in [4.78, 5) is 42.2. The van der Waals surface area contributed by atoms with Crippen molar-refractivity contribution >= 4 is 29.0 Å². The van der Waals surface area contributed by atoms with Crippen LogP contribution in [-0.4, -0.2) is 30.7 Å². The number of benzene rings is 1. The molecule has 3 rings (SSSR count). The molecule has 0 saturated carbocycles. The van der Waals surface area contributed by atoms with Gasteiger partial charge >= 0.3 is 5.69 Å². The number of nitrogens with zero attached hydrogens (tertiary/aromatic N) is 4. The molecule has 0 aliphatic rings. The molecule has 0 amide bonds. The van der Waals surface area contributed by atoms with Gasteiger partial charge in [0, 0.05) is 19.2 Å². The van der Waals surface area contributed by atoms with Crippen molar-refractivity contribution in [3.05, 3.63) is 60.8 Å². The van der Waals surface area contributed by atoms with Crippen LogP contribution in [0.25, 0.3) is 11.2 Å². The van der Waals surface area contributed by atoms with Crippen LogP contribution in [0.15, 0.2) is 39.0 Å². The van der Waals surface area contributed by atoms with E-state index in [4.69, 9.17) is 0 Å². The van der Waals surface area contributed by atoms with Gasteiger partial charge in [0.05, 0.1) is 11.1 Å². The zero-order valence-corrected chi connectivity index (χ0v) is 12.3. The van der Waals surface area contributed by atoms with Crippen LogP contribution in [0.2, 0.25) is 0 Å². The Kier molecular flexibility index (Phi) is 3.66. The molecule has 0 radical (unpaired) electrons. The van der Waals surface area contributed by atoms with Gasteiger partial charge in [0.2, 0.25) is 5.95 Å². The summed E-state index contributed by atoms with van der Waals surface area (Å²) in [6, 6.07) is 5.79. The first kappa shape index (κ1) is 15.1. The van der Waals surface area contributed by atoms with Gasteiger partial charge in [-0.1, -0.05) is 0 Å². The van der Waals surface area contributed by atoms with E-state index in [1.165, 1.54) is 42.1 Å². The highest BCUT2D eigenvalue weighted by molar-refractivity contribution is 5.80. The molecule has 0 spiro atoms. The minimum atomic E-state index is -0.576. The van der Waals surface area contributed by atoms with Crippen LogP contribution < -0.4 is 16.7 Å². The molecular formula is C13H11N7O4. The molecule has 2 heterocycles. The number of rotatable bonds is 4. The predicted octanol–water partition coefficient (Wildman–Crippen LogP) is 0.304. The Hall–Kier alpha value is -3.76. The number of fused-ring (bicyclic) bond motifs is 1. The highest BCUT2D eigenvalue weighted by Gasteiger charge is 2.10. The summed E-state index contributed by atoms with van der Waals surface area (Å²) in [7, 11) is 1.48. The lowest BCUT2D eigenvalue weighted by Crippen LogP contribution is -2.28. The molecule has 0 saturated heterocycles. The first-order chi connectivity index (χ1) is 11.5. The molecule has 3 N–H and O–H groups in total. The number of aromatic amines is 2. The number of H-pyrrole nitrogens is 2. The number of aryl methyl sites for hydroxylation is 1. The topological polar surface area (TPSA) is 151 Å². The van der Waals surface area contributed by atoms with Gasteiger partial charge in [0.25, 0.3) is 11.2 Å². The van der Waals surface area contributed by atoms with Gasteiger partial charge in [-0.15, -0.1) is 0 Å². The molecule has 24 heavy (non-hydrogen) atoms. The van der Waals surface area contributed by atoms with Crippen molar-refractivity contribution in [3.8, 4) is 0 Å². The highest BCUT2D eigenvalue weighted by atomic mass is 16.6. The number of hydrazone groups is 1. The van der Waals surface area contributed by atoms with E-state index in [1.807, 2.05) is 0 Å². The fraction of sp³-hybridized carbons (Fsp3) is 0.0769. The molecule has 11 nitrogen and oxygen atoms in total. The van der Waals surface area contributed by atoms with Crippen molar-refractivity contribution < 1.29 is 4.92 Å². The predicted molar refractivity (Wildman–Crippen MR) is 86.3 cm³/mol. The summed E-state index contributed by atoms with van der Waals surface area (Å²) < 4.78 is 1.19. The molecule has 11 heteroatoms. The number of imidazole rings is 1. The molecule has 2 aromatic heterocycles. The Morgan fingerprint density at radius 3 is 2.67 bits per heavy atom. The van der Waals surface area contributed by atoms with E-state index in [9.17, 15) is 19.7 Å².